The van der Waals surface area contributed by atoms with Crippen molar-refractivity contribution in [2.45, 2.75) is 19.4 Å². The highest BCUT2D eigenvalue weighted by atomic mass is 15.4. The van der Waals surface area contributed by atoms with E-state index in [1.807, 2.05) is 29.2 Å². The van der Waals surface area contributed by atoms with Crippen LogP contribution in [0.3, 0.4) is 0 Å². The summed E-state index contributed by atoms with van der Waals surface area (Å²) in [5.41, 5.74) is 0. The fourth-order valence-electron chi connectivity index (χ4n) is 1.79. The van der Waals surface area contributed by atoms with Crippen LogP contribution in [0.15, 0.2) is 30.7 Å². The summed E-state index contributed by atoms with van der Waals surface area (Å²) in [6, 6.07) is 5.84. The highest BCUT2D eigenvalue weighted by molar-refractivity contribution is 5.18. The third-order valence-corrected chi connectivity index (χ3v) is 2.49. The second-order valence-corrected chi connectivity index (χ2v) is 3.46. The van der Waals surface area contributed by atoms with E-state index in [1.165, 1.54) is 6.42 Å². The van der Waals surface area contributed by atoms with Crippen molar-refractivity contribution in [2.75, 3.05) is 0 Å². The average Bonchev–Trinajstić information content (AvgIpc) is 2.78. The molecular weight excluding hydrogens is 176 g/mol. The van der Waals surface area contributed by atoms with E-state index in [1.54, 1.807) is 6.20 Å². The summed E-state index contributed by atoms with van der Waals surface area (Å²) in [6.07, 6.45) is 6.10. The summed E-state index contributed by atoms with van der Waals surface area (Å²) < 4.78 is 4.03. The third kappa shape index (κ3) is 1.11. The Hall–Kier alpha value is -1.71. The zero-order valence-corrected chi connectivity index (χ0v) is 7.80. The largest absolute Gasteiger partial charge is 0.278 e. The Labute approximate surface area is 81.8 Å². The topological polar surface area (TPSA) is 34.6 Å². The van der Waals surface area contributed by atoms with Crippen molar-refractivity contribution < 1.29 is 4.57 Å². The van der Waals surface area contributed by atoms with Gasteiger partial charge in [-0.15, -0.1) is 0 Å². The Kier molecular flexibility index (Phi) is 1.59. The molecule has 70 valence electrons. The van der Waals surface area contributed by atoms with Gasteiger partial charge in [-0.05, 0) is 12.5 Å². The van der Waals surface area contributed by atoms with Crippen molar-refractivity contribution in [3.63, 3.8) is 0 Å². The van der Waals surface area contributed by atoms with E-state index in [-0.39, 0.29) is 0 Å². The van der Waals surface area contributed by atoms with E-state index in [0.29, 0.717) is 0 Å². The first-order valence-electron chi connectivity index (χ1n) is 4.83. The number of rotatable bonds is 1. The van der Waals surface area contributed by atoms with Gasteiger partial charge in [-0.25, -0.2) is 9.55 Å². The Morgan fingerprint density at radius 3 is 3.14 bits per heavy atom. The lowest BCUT2D eigenvalue weighted by Crippen LogP contribution is -2.29. The van der Waals surface area contributed by atoms with Crippen LogP contribution in [-0.4, -0.2) is 14.8 Å². The van der Waals surface area contributed by atoms with Gasteiger partial charge in [-0.3, -0.25) is 0 Å². The standard InChI is InChI=1S/C10H11N4/c1-2-6-11-9(4-1)14-8-13-7-3-5-10(13)12-14/h1-2,4,6,8H,3,5,7H2/q+1. The third-order valence-electron chi connectivity index (χ3n) is 2.49. The van der Waals surface area contributed by atoms with Crippen molar-refractivity contribution in [1.29, 1.82) is 0 Å². The molecule has 0 atom stereocenters. The molecule has 0 saturated heterocycles. The van der Waals surface area contributed by atoms with Gasteiger partial charge in [0, 0.05) is 23.8 Å². The second kappa shape index (κ2) is 2.90. The molecule has 14 heavy (non-hydrogen) atoms. The molecular formula is C10H11N4+. The van der Waals surface area contributed by atoms with Crippen LogP contribution in [0.4, 0.5) is 0 Å². The molecule has 0 unspecified atom stereocenters. The van der Waals surface area contributed by atoms with Crippen molar-refractivity contribution >= 4 is 0 Å². The van der Waals surface area contributed by atoms with Crippen LogP contribution < -0.4 is 4.57 Å². The first-order valence-corrected chi connectivity index (χ1v) is 4.83. The van der Waals surface area contributed by atoms with Gasteiger partial charge in [0.25, 0.3) is 5.82 Å². The number of hydrogen-bond donors (Lipinski definition) is 0. The molecule has 4 nitrogen and oxygen atoms in total. The lowest BCUT2D eigenvalue weighted by atomic mass is 10.4. The van der Waals surface area contributed by atoms with E-state index in [9.17, 15) is 0 Å². The molecule has 1 aliphatic rings. The predicted molar refractivity (Wildman–Crippen MR) is 49.9 cm³/mol. The highest BCUT2D eigenvalue weighted by Crippen LogP contribution is 2.05. The predicted octanol–water partition coefficient (Wildman–Crippen LogP) is 0.501. The molecule has 0 saturated carbocycles. The molecule has 1 aliphatic heterocycles. The van der Waals surface area contributed by atoms with Gasteiger partial charge in [-0.1, -0.05) is 10.7 Å². The van der Waals surface area contributed by atoms with Crippen molar-refractivity contribution in [2.24, 2.45) is 0 Å². The number of fused-ring (bicyclic) bond motifs is 1. The van der Waals surface area contributed by atoms with E-state index < -0.39 is 0 Å². The van der Waals surface area contributed by atoms with E-state index in [0.717, 1.165) is 24.6 Å². The molecule has 0 radical (unpaired) electrons. The maximum Gasteiger partial charge on any atom is 0.278 e. The molecule has 0 spiro atoms. The van der Waals surface area contributed by atoms with E-state index >= 15 is 0 Å². The van der Waals surface area contributed by atoms with Gasteiger partial charge in [-0.2, -0.15) is 0 Å². The number of nitrogens with zero attached hydrogens (tertiary/aromatic N) is 4. The molecule has 0 N–H and O–H groups in total. The van der Waals surface area contributed by atoms with Crippen LogP contribution in [0.1, 0.15) is 12.2 Å². The molecule has 4 heteroatoms. The minimum Gasteiger partial charge on any atom is -0.234 e. The van der Waals surface area contributed by atoms with Crippen LogP contribution in [0.25, 0.3) is 5.82 Å². The molecule has 2 aromatic rings. The monoisotopic (exact) mass is 187 g/mol. The second-order valence-electron chi connectivity index (χ2n) is 3.46. The van der Waals surface area contributed by atoms with Gasteiger partial charge in [0.2, 0.25) is 12.1 Å². The van der Waals surface area contributed by atoms with Crippen molar-refractivity contribution in [3.8, 4) is 5.82 Å². The van der Waals surface area contributed by atoms with E-state index in [2.05, 4.69) is 14.6 Å². The molecule has 0 bridgehead atoms. The Bertz CT molecular complexity index is 425. The van der Waals surface area contributed by atoms with Gasteiger partial charge in [0.15, 0.2) is 0 Å². The highest BCUT2D eigenvalue weighted by Gasteiger charge is 2.22. The fraction of sp³-hybridized carbons (Fsp3) is 0.300. The fourth-order valence-corrected chi connectivity index (χ4v) is 1.79. The van der Waals surface area contributed by atoms with Crippen molar-refractivity contribution in [3.05, 3.63) is 36.5 Å². The zero-order valence-electron chi connectivity index (χ0n) is 7.80. The minimum absolute atomic E-state index is 0.884. The first-order chi connectivity index (χ1) is 6.93. The first kappa shape index (κ1) is 7.67. The Morgan fingerprint density at radius 1 is 1.36 bits per heavy atom. The molecule has 0 aliphatic carbocycles. The average molecular weight is 187 g/mol. The minimum atomic E-state index is 0.884. The Balaban J connectivity index is 2.06. The maximum absolute atomic E-state index is 4.48. The normalized spacial score (nSPS) is 14.3. The van der Waals surface area contributed by atoms with Crippen LogP contribution >= 0.6 is 0 Å². The summed E-state index contributed by atoms with van der Waals surface area (Å²) in [4.78, 5) is 4.25. The van der Waals surface area contributed by atoms with Gasteiger partial charge >= 0.3 is 0 Å². The summed E-state index contributed by atoms with van der Waals surface area (Å²) in [5.74, 6) is 2.05. The summed E-state index contributed by atoms with van der Waals surface area (Å²) in [5, 5.41) is 4.48. The number of pyridine rings is 1. The molecule has 0 amide bonds. The molecule has 0 fully saturated rings. The van der Waals surface area contributed by atoms with Crippen LogP contribution in [0.5, 0.6) is 0 Å². The molecule has 3 heterocycles. The zero-order chi connectivity index (χ0) is 9.38. The molecule has 2 aromatic heterocycles. The summed E-state index contributed by atoms with van der Waals surface area (Å²) >= 11 is 0. The lowest BCUT2D eigenvalue weighted by Gasteiger charge is -1.89. The van der Waals surface area contributed by atoms with Crippen LogP contribution in [0.2, 0.25) is 0 Å². The van der Waals surface area contributed by atoms with E-state index in [4.69, 9.17) is 0 Å². The maximum atomic E-state index is 4.48. The van der Waals surface area contributed by atoms with Crippen LogP contribution in [-0.2, 0) is 13.0 Å². The van der Waals surface area contributed by atoms with Gasteiger partial charge < -0.3 is 0 Å². The number of aryl methyl sites for hydroxylation is 2. The number of hydrogen-bond acceptors (Lipinski definition) is 2. The number of aromatic nitrogens is 4. The summed E-state index contributed by atoms with van der Waals surface area (Å²) in [6.45, 7) is 1.09. The Morgan fingerprint density at radius 2 is 2.36 bits per heavy atom. The lowest BCUT2D eigenvalue weighted by molar-refractivity contribution is -0.691. The smallest absolute Gasteiger partial charge is 0.234 e. The summed E-state index contributed by atoms with van der Waals surface area (Å²) in [7, 11) is 0. The van der Waals surface area contributed by atoms with Gasteiger partial charge in [0.05, 0.1) is 6.54 Å². The van der Waals surface area contributed by atoms with Crippen molar-refractivity contribution in [1.82, 2.24) is 14.8 Å². The van der Waals surface area contributed by atoms with Gasteiger partial charge in [0.1, 0.15) is 0 Å². The molecule has 0 aromatic carbocycles. The SMILES string of the molecule is c1ccc(-n2c[n+]3c(n2)CCC3)nc1. The molecule has 3 rings (SSSR count). The van der Waals surface area contributed by atoms with Crippen LogP contribution in [0, 0.1) is 0 Å². The quantitative estimate of drug-likeness (QED) is 0.609.